The number of amides is 1. The molecule has 0 radical (unpaired) electrons. The Labute approximate surface area is 135 Å². The maximum atomic E-state index is 12.6. The number of nitro benzene ring substituents is 1. The predicted molar refractivity (Wildman–Crippen MR) is 87.2 cm³/mol. The molecule has 1 aromatic rings. The Kier molecular flexibility index (Phi) is 5.73. The number of benzene rings is 1. The van der Waals surface area contributed by atoms with Crippen LogP contribution in [0.25, 0.3) is 0 Å². The minimum Gasteiger partial charge on any atom is -0.393 e. The molecule has 7 nitrogen and oxygen atoms in total. The number of carbonyl (C=O) groups is 1. The molecular formula is C14H21ClN4O3. The van der Waals surface area contributed by atoms with E-state index in [0.29, 0.717) is 18.7 Å². The van der Waals surface area contributed by atoms with Gasteiger partial charge in [0.2, 0.25) is 0 Å². The summed E-state index contributed by atoms with van der Waals surface area (Å²) in [5.74, 6) is 0.00715. The van der Waals surface area contributed by atoms with Gasteiger partial charge in [0.15, 0.2) is 0 Å². The number of nitro groups is 1. The lowest BCUT2D eigenvalue weighted by molar-refractivity contribution is -0.384. The minimum atomic E-state index is -0.560. The van der Waals surface area contributed by atoms with Crippen LogP contribution >= 0.6 is 12.4 Å². The molecule has 0 spiro atoms. The van der Waals surface area contributed by atoms with Gasteiger partial charge < -0.3 is 16.4 Å². The molecule has 0 saturated carbocycles. The fourth-order valence-electron chi connectivity index (χ4n) is 2.86. The standard InChI is InChI=1S/C14H20N4O3.ClH/c1-8-3-11(13(16)12(4-8)18(20)21)14(19)17-7-10(6-15)5-9(17)2;/h3-4,9-10H,5-7,15-16H2,1-2H3;1H. The van der Waals surface area contributed by atoms with Crippen LogP contribution in [0.4, 0.5) is 11.4 Å². The number of halogens is 1. The first-order chi connectivity index (χ1) is 9.85. The van der Waals surface area contributed by atoms with E-state index < -0.39 is 4.92 Å². The van der Waals surface area contributed by atoms with Crippen molar-refractivity contribution in [1.29, 1.82) is 0 Å². The fourth-order valence-corrected chi connectivity index (χ4v) is 2.86. The molecule has 1 aliphatic rings. The van der Waals surface area contributed by atoms with Crippen molar-refractivity contribution in [3.63, 3.8) is 0 Å². The molecule has 0 aliphatic carbocycles. The van der Waals surface area contributed by atoms with Crippen molar-refractivity contribution in [2.24, 2.45) is 11.7 Å². The zero-order chi connectivity index (χ0) is 15.7. The maximum absolute atomic E-state index is 12.6. The number of carbonyl (C=O) groups excluding carboxylic acids is 1. The summed E-state index contributed by atoms with van der Waals surface area (Å²) in [6, 6.07) is 3.04. The largest absolute Gasteiger partial charge is 0.393 e. The number of rotatable bonds is 3. The highest BCUT2D eigenvalue weighted by Gasteiger charge is 2.34. The molecule has 2 atom stereocenters. The lowest BCUT2D eigenvalue weighted by Gasteiger charge is -2.22. The third kappa shape index (κ3) is 3.31. The highest BCUT2D eigenvalue weighted by Crippen LogP contribution is 2.31. The maximum Gasteiger partial charge on any atom is 0.293 e. The fraction of sp³-hybridized carbons (Fsp3) is 0.500. The number of nitrogen functional groups attached to an aromatic ring is 1. The first-order valence-corrected chi connectivity index (χ1v) is 6.90. The van der Waals surface area contributed by atoms with Gasteiger partial charge in [0.05, 0.1) is 10.5 Å². The topological polar surface area (TPSA) is 115 Å². The molecule has 1 heterocycles. The lowest BCUT2D eigenvalue weighted by atomic mass is 10.1. The van der Waals surface area contributed by atoms with Crippen molar-refractivity contribution in [3.05, 3.63) is 33.4 Å². The van der Waals surface area contributed by atoms with Crippen molar-refractivity contribution < 1.29 is 9.72 Å². The zero-order valence-corrected chi connectivity index (χ0v) is 13.4. The second-order valence-corrected chi connectivity index (χ2v) is 5.65. The molecule has 4 N–H and O–H groups in total. The molecule has 122 valence electrons. The average Bonchev–Trinajstić information content (AvgIpc) is 2.81. The second kappa shape index (κ2) is 6.93. The van der Waals surface area contributed by atoms with Gasteiger partial charge in [-0.1, -0.05) is 0 Å². The highest BCUT2D eigenvalue weighted by molar-refractivity contribution is 6.01. The van der Waals surface area contributed by atoms with E-state index in [0.717, 1.165) is 6.42 Å². The molecule has 1 aliphatic heterocycles. The highest BCUT2D eigenvalue weighted by atomic mass is 35.5. The predicted octanol–water partition coefficient (Wildman–Crippen LogP) is 1.72. The molecule has 0 bridgehead atoms. The summed E-state index contributed by atoms with van der Waals surface area (Å²) < 4.78 is 0. The first kappa shape index (κ1) is 18.2. The number of hydrogen-bond acceptors (Lipinski definition) is 5. The van der Waals surface area contributed by atoms with E-state index in [1.807, 2.05) is 6.92 Å². The number of aryl methyl sites for hydroxylation is 1. The van der Waals surface area contributed by atoms with Crippen LogP contribution in [-0.4, -0.2) is 34.9 Å². The average molecular weight is 329 g/mol. The van der Waals surface area contributed by atoms with Gasteiger partial charge in [-0.2, -0.15) is 0 Å². The van der Waals surface area contributed by atoms with E-state index in [9.17, 15) is 14.9 Å². The molecule has 8 heteroatoms. The van der Waals surface area contributed by atoms with Gasteiger partial charge in [0.25, 0.3) is 11.6 Å². The van der Waals surface area contributed by atoms with Crippen molar-refractivity contribution in [3.8, 4) is 0 Å². The molecule has 2 rings (SSSR count). The van der Waals surface area contributed by atoms with Crippen LogP contribution in [0.2, 0.25) is 0 Å². The number of anilines is 1. The summed E-state index contributed by atoms with van der Waals surface area (Å²) in [6.45, 7) is 4.75. The summed E-state index contributed by atoms with van der Waals surface area (Å²) in [6.07, 6.45) is 0.843. The number of nitrogens with two attached hydrogens (primary N) is 2. The summed E-state index contributed by atoms with van der Waals surface area (Å²) in [4.78, 5) is 24.8. The second-order valence-electron chi connectivity index (χ2n) is 5.65. The summed E-state index contributed by atoms with van der Waals surface area (Å²) in [5, 5.41) is 11.0. The molecule has 1 saturated heterocycles. The van der Waals surface area contributed by atoms with Crippen LogP contribution in [-0.2, 0) is 0 Å². The van der Waals surface area contributed by atoms with Crippen molar-refractivity contribution in [1.82, 2.24) is 4.90 Å². The molecular weight excluding hydrogens is 308 g/mol. The van der Waals surface area contributed by atoms with Crippen LogP contribution < -0.4 is 11.5 Å². The first-order valence-electron chi connectivity index (χ1n) is 6.90. The Morgan fingerprint density at radius 3 is 2.64 bits per heavy atom. The monoisotopic (exact) mass is 328 g/mol. The van der Waals surface area contributed by atoms with E-state index in [1.165, 1.54) is 6.07 Å². The Morgan fingerprint density at radius 1 is 1.50 bits per heavy atom. The van der Waals surface area contributed by atoms with Gasteiger partial charge in [0.1, 0.15) is 5.69 Å². The van der Waals surface area contributed by atoms with Crippen LogP contribution in [0.15, 0.2) is 12.1 Å². The van der Waals surface area contributed by atoms with Crippen LogP contribution in [0, 0.1) is 23.0 Å². The van der Waals surface area contributed by atoms with Crippen LogP contribution in [0.5, 0.6) is 0 Å². The van der Waals surface area contributed by atoms with Gasteiger partial charge in [-0.05, 0) is 44.4 Å². The smallest absolute Gasteiger partial charge is 0.293 e. The van der Waals surface area contributed by atoms with E-state index in [2.05, 4.69) is 0 Å². The van der Waals surface area contributed by atoms with Crippen molar-refractivity contribution in [2.75, 3.05) is 18.8 Å². The van der Waals surface area contributed by atoms with Gasteiger partial charge in [-0.15, -0.1) is 12.4 Å². The van der Waals surface area contributed by atoms with Crippen LogP contribution in [0.1, 0.15) is 29.3 Å². The van der Waals surface area contributed by atoms with Crippen LogP contribution in [0.3, 0.4) is 0 Å². The number of hydrogen-bond donors (Lipinski definition) is 2. The normalized spacial score (nSPS) is 20.6. The SMILES string of the molecule is Cc1cc(C(=O)N2CC(CN)CC2C)c(N)c([N+](=O)[O-])c1.Cl. The Hall–Kier alpha value is -1.86. The van der Waals surface area contributed by atoms with E-state index in [4.69, 9.17) is 11.5 Å². The summed E-state index contributed by atoms with van der Waals surface area (Å²) in [7, 11) is 0. The zero-order valence-electron chi connectivity index (χ0n) is 12.6. The Bertz CT molecular complexity index is 594. The minimum absolute atomic E-state index is 0. The van der Waals surface area contributed by atoms with Gasteiger partial charge >= 0.3 is 0 Å². The summed E-state index contributed by atoms with van der Waals surface area (Å²) >= 11 is 0. The van der Waals surface area contributed by atoms with Crippen molar-refractivity contribution in [2.45, 2.75) is 26.3 Å². The van der Waals surface area contributed by atoms with Gasteiger partial charge in [-0.3, -0.25) is 14.9 Å². The Morgan fingerprint density at radius 2 is 2.14 bits per heavy atom. The van der Waals surface area contributed by atoms with Crippen molar-refractivity contribution >= 4 is 29.7 Å². The quantitative estimate of drug-likeness (QED) is 0.498. The number of likely N-dealkylation sites (tertiary alicyclic amines) is 1. The molecule has 2 unspecified atom stereocenters. The summed E-state index contributed by atoms with van der Waals surface area (Å²) in [5.41, 5.74) is 12.0. The van der Waals surface area contributed by atoms with Gasteiger partial charge in [-0.25, -0.2) is 0 Å². The molecule has 1 fully saturated rings. The molecule has 0 aromatic heterocycles. The molecule has 1 aromatic carbocycles. The van der Waals surface area contributed by atoms with Gasteiger partial charge in [0, 0.05) is 18.7 Å². The molecule has 1 amide bonds. The van der Waals surface area contributed by atoms with E-state index >= 15 is 0 Å². The third-order valence-corrected chi connectivity index (χ3v) is 3.99. The number of nitrogens with zero attached hydrogens (tertiary/aromatic N) is 2. The Balaban J connectivity index is 0.00000242. The van der Waals surface area contributed by atoms with E-state index in [1.54, 1.807) is 17.9 Å². The van der Waals surface area contributed by atoms with E-state index in [-0.39, 0.29) is 47.2 Å². The third-order valence-electron chi connectivity index (χ3n) is 3.99. The lowest BCUT2D eigenvalue weighted by Crippen LogP contribution is -2.35. The molecule has 22 heavy (non-hydrogen) atoms.